The predicted octanol–water partition coefficient (Wildman–Crippen LogP) is 3.60. The molecule has 1 saturated heterocycles. The van der Waals surface area contributed by atoms with Crippen molar-refractivity contribution >= 4 is 0 Å². The summed E-state index contributed by atoms with van der Waals surface area (Å²) in [5.74, 6) is 1.68. The minimum absolute atomic E-state index is 0.697. The highest BCUT2D eigenvalue weighted by Gasteiger charge is 2.08. The van der Waals surface area contributed by atoms with Crippen molar-refractivity contribution in [2.45, 2.75) is 46.1 Å². The van der Waals surface area contributed by atoms with Crippen LogP contribution < -0.4 is 10.2 Å². The minimum atomic E-state index is 0.697. The maximum atomic E-state index is 5.74. The van der Waals surface area contributed by atoms with E-state index in [9.17, 15) is 0 Å². The number of piperidine rings is 1. The Hall–Kier alpha value is -1.06. The second-order valence-corrected chi connectivity index (χ2v) is 6.06. The highest BCUT2D eigenvalue weighted by Crippen LogP contribution is 2.14. The van der Waals surface area contributed by atoms with Gasteiger partial charge in [0.1, 0.15) is 5.75 Å². The molecular weight excluding hydrogens is 248 g/mol. The van der Waals surface area contributed by atoms with Gasteiger partial charge in [-0.25, -0.2) is 5.01 Å². The first-order valence-corrected chi connectivity index (χ1v) is 7.94. The molecule has 0 aliphatic carbocycles. The topological polar surface area (TPSA) is 24.5 Å². The van der Waals surface area contributed by atoms with Gasteiger partial charge in [-0.05, 0) is 42.9 Å². The summed E-state index contributed by atoms with van der Waals surface area (Å²) in [6, 6.07) is 8.46. The molecule has 3 heteroatoms. The van der Waals surface area contributed by atoms with Crippen molar-refractivity contribution in [3.8, 4) is 5.75 Å². The molecule has 2 rings (SSSR count). The van der Waals surface area contributed by atoms with Crippen molar-refractivity contribution in [1.82, 2.24) is 10.4 Å². The fourth-order valence-corrected chi connectivity index (χ4v) is 2.37. The van der Waals surface area contributed by atoms with Gasteiger partial charge in [0.15, 0.2) is 0 Å². The molecule has 1 aliphatic rings. The summed E-state index contributed by atoms with van der Waals surface area (Å²) in [6.45, 7) is 8.51. The first-order chi connectivity index (χ1) is 9.74. The fraction of sp³-hybridized carbons (Fsp3) is 0.647. The Kier molecular flexibility index (Phi) is 6.34. The summed E-state index contributed by atoms with van der Waals surface area (Å²) >= 11 is 0. The average molecular weight is 276 g/mol. The molecule has 0 radical (unpaired) electrons. The van der Waals surface area contributed by atoms with E-state index in [0.717, 1.165) is 25.3 Å². The molecular formula is C17H28N2O. The maximum Gasteiger partial charge on any atom is 0.119 e. The molecule has 0 bridgehead atoms. The Balaban J connectivity index is 1.70. The molecule has 1 fully saturated rings. The van der Waals surface area contributed by atoms with Crippen LogP contribution in [0.5, 0.6) is 5.75 Å². The van der Waals surface area contributed by atoms with Crippen LogP contribution in [-0.2, 0) is 6.54 Å². The Morgan fingerprint density at radius 3 is 2.45 bits per heavy atom. The minimum Gasteiger partial charge on any atom is -0.494 e. The number of hydrazine groups is 1. The van der Waals surface area contributed by atoms with Gasteiger partial charge in [-0.15, -0.1) is 0 Å². The lowest BCUT2D eigenvalue weighted by molar-refractivity contribution is 0.151. The van der Waals surface area contributed by atoms with Gasteiger partial charge >= 0.3 is 0 Å². The van der Waals surface area contributed by atoms with Crippen molar-refractivity contribution in [2.24, 2.45) is 5.92 Å². The van der Waals surface area contributed by atoms with E-state index in [1.165, 1.54) is 37.9 Å². The van der Waals surface area contributed by atoms with Gasteiger partial charge in [-0.2, -0.15) is 0 Å². The van der Waals surface area contributed by atoms with Crippen LogP contribution in [0.1, 0.15) is 45.1 Å². The molecule has 0 saturated carbocycles. The average Bonchev–Trinajstić information content (AvgIpc) is 2.47. The largest absolute Gasteiger partial charge is 0.494 e. The lowest BCUT2D eigenvalue weighted by Gasteiger charge is -2.27. The van der Waals surface area contributed by atoms with E-state index in [-0.39, 0.29) is 0 Å². The Bertz CT molecular complexity index is 369. The Labute approximate surface area is 123 Å². The quantitative estimate of drug-likeness (QED) is 0.823. The van der Waals surface area contributed by atoms with E-state index in [1.807, 2.05) is 0 Å². The van der Waals surface area contributed by atoms with Gasteiger partial charge in [0.05, 0.1) is 6.61 Å². The summed E-state index contributed by atoms with van der Waals surface area (Å²) in [6.07, 6.45) is 5.12. The van der Waals surface area contributed by atoms with E-state index in [4.69, 9.17) is 4.74 Å². The molecule has 0 unspecified atom stereocenters. The van der Waals surface area contributed by atoms with Crippen molar-refractivity contribution in [1.29, 1.82) is 0 Å². The number of hydrogen-bond donors (Lipinski definition) is 1. The molecule has 0 atom stereocenters. The monoisotopic (exact) mass is 276 g/mol. The maximum absolute atomic E-state index is 5.74. The Morgan fingerprint density at radius 1 is 1.10 bits per heavy atom. The Morgan fingerprint density at radius 2 is 1.80 bits per heavy atom. The fourth-order valence-electron chi connectivity index (χ4n) is 2.37. The van der Waals surface area contributed by atoms with Crippen molar-refractivity contribution in [3.05, 3.63) is 29.8 Å². The second kappa shape index (κ2) is 8.28. The number of nitrogens with zero attached hydrogens (tertiary/aromatic N) is 1. The zero-order chi connectivity index (χ0) is 14.2. The molecule has 0 spiro atoms. The lowest BCUT2D eigenvalue weighted by atomic mass is 10.1. The first-order valence-electron chi connectivity index (χ1n) is 7.94. The highest BCUT2D eigenvalue weighted by molar-refractivity contribution is 5.27. The number of hydrogen-bond acceptors (Lipinski definition) is 3. The smallest absolute Gasteiger partial charge is 0.119 e. The summed E-state index contributed by atoms with van der Waals surface area (Å²) in [5.41, 5.74) is 4.82. The summed E-state index contributed by atoms with van der Waals surface area (Å²) in [7, 11) is 0. The van der Waals surface area contributed by atoms with Crippen LogP contribution in [0.2, 0.25) is 0 Å². The predicted molar refractivity (Wildman–Crippen MR) is 83.7 cm³/mol. The molecule has 20 heavy (non-hydrogen) atoms. The molecule has 1 aliphatic heterocycles. The van der Waals surface area contributed by atoms with Crippen molar-refractivity contribution in [3.63, 3.8) is 0 Å². The van der Waals surface area contributed by atoms with E-state index in [1.54, 1.807) is 0 Å². The van der Waals surface area contributed by atoms with E-state index in [2.05, 4.69) is 48.5 Å². The van der Waals surface area contributed by atoms with Crippen LogP contribution in [0.25, 0.3) is 0 Å². The van der Waals surface area contributed by atoms with Crippen LogP contribution >= 0.6 is 0 Å². The molecule has 1 N–H and O–H groups in total. The molecule has 1 aromatic carbocycles. The number of benzene rings is 1. The van der Waals surface area contributed by atoms with Crippen LogP contribution in [0.4, 0.5) is 0 Å². The summed E-state index contributed by atoms with van der Waals surface area (Å²) in [4.78, 5) is 0. The van der Waals surface area contributed by atoms with E-state index < -0.39 is 0 Å². The van der Waals surface area contributed by atoms with Gasteiger partial charge in [0.25, 0.3) is 0 Å². The van der Waals surface area contributed by atoms with E-state index in [0.29, 0.717) is 5.92 Å². The SMILES string of the molecule is CC(C)CCOc1ccc(CNN2CCCCC2)cc1. The normalized spacial score (nSPS) is 16.6. The van der Waals surface area contributed by atoms with Crippen LogP contribution in [0.3, 0.4) is 0 Å². The second-order valence-electron chi connectivity index (χ2n) is 6.06. The number of rotatable bonds is 7. The zero-order valence-electron chi connectivity index (χ0n) is 12.9. The van der Waals surface area contributed by atoms with Gasteiger partial charge < -0.3 is 4.74 Å². The number of ether oxygens (including phenoxy) is 1. The highest BCUT2D eigenvalue weighted by atomic mass is 16.5. The van der Waals surface area contributed by atoms with Gasteiger partial charge in [-0.3, -0.25) is 5.43 Å². The number of nitrogens with one attached hydrogen (secondary N) is 1. The lowest BCUT2D eigenvalue weighted by Crippen LogP contribution is -2.41. The molecule has 1 heterocycles. The molecule has 1 aromatic rings. The molecule has 3 nitrogen and oxygen atoms in total. The molecule has 0 amide bonds. The third-order valence-electron chi connectivity index (χ3n) is 3.75. The summed E-state index contributed by atoms with van der Waals surface area (Å²) in [5, 5.41) is 2.34. The van der Waals surface area contributed by atoms with Crippen LogP contribution in [0.15, 0.2) is 24.3 Å². The van der Waals surface area contributed by atoms with Crippen LogP contribution in [0, 0.1) is 5.92 Å². The van der Waals surface area contributed by atoms with Crippen LogP contribution in [-0.4, -0.2) is 24.7 Å². The van der Waals surface area contributed by atoms with E-state index >= 15 is 0 Å². The van der Waals surface area contributed by atoms with Gasteiger partial charge in [0, 0.05) is 19.6 Å². The summed E-state index contributed by atoms with van der Waals surface area (Å²) < 4.78 is 5.74. The van der Waals surface area contributed by atoms with Crippen molar-refractivity contribution < 1.29 is 4.74 Å². The molecule has 0 aromatic heterocycles. The first kappa shape index (κ1) is 15.3. The van der Waals surface area contributed by atoms with Crippen molar-refractivity contribution in [2.75, 3.05) is 19.7 Å². The zero-order valence-corrected chi connectivity index (χ0v) is 12.9. The van der Waals surface area contributed by atoms with Gasteiger partial charge in [0.2, 0.25) is 0 Å². The third kappa shape index (κ3) is 5.51. The standard InChI is InChI=1S/C17H28N2O/c1-15(2)10-13-20-17-8-6-16(7-9-17)14-18-19-11-4-3-5-12-19/h6-9,15,18H,3-5,10-14H2,1-2H3. The molecule has 112 valence electrons. The third-order valence-corrected chi connectivity index (χ3v) is 3.75. The van der Waals surface area contributed by atoms with Gasteiger partial charge in [-0.1, -0.05) is 32.4 Å².